The average Bonchev–Trinajstić information content (AvgIpc) is 2.58. The molecule has 0 aliphatic carbocycles. The van der Waals surface area contributed by atoms with Crippen molar-refractivity contribution in [2.24, 2.45) is 10.6 Å². The minimum atomic E-state index is -0.369. The first-order valence-corrected chi connectivity index (χ1v) is 6.73. The van der Waals surface area contributed by atoms with Crippen LogP contribution in [0.1, 0.15) is 20.8 Å². The van der Waals surface area contributed by atoms with Crippen molar-refractivity contribution in [2.75, 3.05) is 0 Å². The fourth-order valence-electron chi connectivity index (χ4n) is 1.07. The average molecular weight is 229 g/mol. The first kappa shape index (κ1) is 9.98. The number of rotatable bonds is 1. The van der Waals surface area contributed by atoms with Gasteiger partial charge in [-0.05, 0) is 22.3 Å². The van der Waals surface area contributed by atoms with E-state index in [2.05, 4.69) is 25.9 Å². The maximum atomic E-state index is 10.6. The first-order valence-electron chi connectivity index (χ1n) is 4.25. The van der Waals surface area contributed by atoms with Gasteiger partial charge in [0.15, 0.2) is 12.0 Å². The lowest BCUT2D eigenvalue weighted by Crippen LogP contribution is -2.10. The number of aldehydes is 1. The summed E-state index contributed by atoms with van der Waals surface area (Å²) in [5.41, 5.74) is 0.562. The highest BCUT2D eigenvalue weighted by atomic mass is 33.1. The lowest BCUT2D eigenvalue weighted by Gasteiger charge is -2.19. The van der Waals surface area contributed by atoms with Crippen LogP contribution in [-0.4, -0.2) is 16.9 Å². The Morgan fingerprint density at radius 3 is 2.86 bits per heavy atom. The molecule has 76 valence electrons. The zero-order valence-corrected chi connectivity index (χ0v) is 9.87. The second-order valence-electron chi connectivity index (χ2n) is 4.11. The van der Waals surface area contributed by atoms with E-state index >= 15 is 0 Å². The third-order valence-corrected chi connectivity index (χ3v) is 5.59. The molecule has 0 N–H and O–H groups in total. The van der Waals surface area contributed by atoms with Crippen molar-refractivity contribution in [3.8, 4) is 0 Å². The van der Waals surface area contributed by atoms with Gasteiger partial charge in [0.2, 0.25) is 0 Å². The molecule has 2 heterocycles. The molecule has 0 radical (unpaired) electrons. The SMILES string of the molecule is CC(C)(C)C1=CC2=S(ON=C2C=O)S1. The maximum Gasteiger partial charge on any atom is 0.173 e. The zero-order valence-electron chi connectivity index (χ0n) is 8.23. The van der Waals surface area contributed by atoms with E-state index in [0.29, 0.717) is 5.71 Å². The van der Waals surface area contributed by atoms with Crippen molar-refractivity contribution in [3.05, 3.63) is 11.0 Å². The number of carbonyl (C=O) groups is 1. The number of hydrogen-bond acceptors (Lipinski definition) is 4. The molecule has 2 aliphatic heterocycles. The second-order valence-corrected chi connectivity index (χ2v) is 7.18. The van der Waals surface area contributed by atoms with Crippen LogP contribution in [0, 0.1) is 5.41 Å². The Bertz CT molecular complexity index is 388. The van der Waals surface area contributed by atoms with Gasteiger partial charge in [0.1, 0.15) is 0 Å². The van der Waals surface area contributed by atoms with Gasteiger partial charge >= 0.3 is 0 Å². The summed E-state index contributed by atoms with van der Waals surface area (Å²) >= 11 is 0. The van der Waals surface area contributed by atoms with E-state index in [1.54, 1.807) is 10.8 Å². The number of carbonyl (C=O) groups excluding carboxylic acids is 1. The molecule has 3 nitrogen and oxygen atoms in total. The van der Waals surface area contributed by atoms with Crippen LogP contribution in [-0.2, 0) is 9.08 Å². The summed E-state index contributed by atoms with van der Waals surface area (Å²) in [7, 11) is 1.29. The molecule has 0 fully saturated rings. The quantitative estimate of drug-likeness (QED) is 0.394. The summed E-state index contributed by atoms with van der Waals surface area (Å²) < 4.78 is 5.16. The number of hydrogen-bond donors (Lipinski definition) is 0. The molecule has 0 aromatic heterocycles. The van der Waals surface area contributed by atoms with Gasteiger partial charge in [-0.25, -0.2) is 0 Å². The van der Waals surface area contributed by atoms with Crippen LogP contribution in [0.15, 0.2) is 16.1 Å². The van der Waals surface area contributed by atoms with Gasteiger partial charge < -0.3 is 4.28 Å². The molecular formula is C9H11NO2S2. The standard InChI is InChI=1S/C9H11NO2S2/c1-9(2,3)8-4-7-6(5-11)10-12-14(7)13-8/h4-5H,1-3H3. The molecule has 2 rings (SSSR count). The summed E-state index contributed by atoms with van der Waals surface area (Å²) in [5.74, 6) is 0. The third-order valence-electron chi connectivity index (χ3n) is 1.91. The Kier molecular flexibility index (Phi) is 2.31. The van der Waals surface area contributed by atoms with Gasteiger partial charge in [-0.2, -0.15) is 0 Å². The lowest BCUT2D eigenvalue weighted by molar-refractivity contribution is -0.102. The molecule has 0 bridgehead atoms. The Hall–Kier alpha value is -0.550. The molecule has 1 atom stereocenters. The third kappa shape index (κ3) is 1.54. The number of allylic oxidation sites excluding steroid dienone is 2. The molecule has 0 aromatic carbocycles. The molecule has 14 heavy (non-hydrogen) atoms. The zero-order chi connectivity index (χ0) is 10.3. The molecule has 5 heteroatoms. The molecular weight excluding hydrogens is 218 g/mol. The minimum Gasteiger partial charge on any atom is -0.318 e. The van der Waals surface area contributed by atoms with Crippen LogP contribution in [0.3, 0.4) is 0 Å². The van der Waals surface area contributed by atoms with E-state index in [0.717, 1.165) is 11.2 Å². The van der Waals surface area contributed by atoms with Crippen LogP contribution in [0.5, 0.6) is 0 Å². The Morgan fingerprint density at radius 1 is 1.57 bits per heavy atom. The van der Waals surface area contributed by atoms with Gasteiger partial charge in [0, 0.05) is 4.91 Å². The highest BCUT2D eigenvalue weighted by molar-refractivity contribution is 8.84. The Labute approximate surface area is 89.1 Å². The summed E-state index contributed by atoms with van der Waals surface area (Å²) in [6, 6.07) is 0. The van der Waals surface area contributed by atoms with Crippen LogP contribution in [0.2, 0.25) is 0 Å². The van der Waals surface area contributed by atoms with Gasteiger partial charge in [-0.15, -0.1) is 0 Å². The maximum absolute atomic E-state index is 10.6. The van der Waals surface area contributed by atoms with Crippen molar-refractivity contribution in [2.45, 2.75) is 20.8 Å². The molecule has 0 saturated heterocycles. The largest absolute Gasteiger partial charge is 0.318 e. The molecule has 0 aromatic rings. The van der Waals surface area contributed by atoms with Crippen LogP contribution in [0.4, 0.5) is 0 Å². The van der Waals surface area contributed by atoms with Crippen molar-refractivity contribution in [1.29, 1.82) is 0 Å². The number of nitrogens with zero attached hydrogens (tertiary/aromatic N) is 1. The summed E-state index contributed by atoms with van der Waals surface area (Å²) in [5, 5.41) is 3.71. The fourth-order valence-corrected chi connectivity index (χ4v) is 4.78. The molecule has 1 unspecified atom stereocenters. The van der Waals surface area contributed by atoms with Crippen molar-refractivity contribution in [3.63, 3.8) is 0 Å². The first-order chi connectivity index (χ1) is 6.52. The monoisotopic (exact) mass is 229 g/mol. The summed E-state index contributed by atoms with van der Waals surface area (Å²) in [4.78, 5) is 12.8. The second kappa shape index (κ2) is 3.24. The predicted octanol–water partition coefficient (Wildman–Crippen LogP) is 2.52. The predicted molar refractivity (Wildman–Crippen MR) is 62.3 cm³/mol. The van der Waals surface area contributed by atoms with E-state index in [-0.39, 0.29) is 15.2 Å². The Balaban J connectivity index is 2.29. The lowest BCUT2D eigenvalue weighted by atomic mass is 9.95. The van der Waals surface area contributed by atoms with Crippen molar-refractivity contribution in [1.82, 2.24) is 0 Å². The van der Waals surface area contributed by atoms with Gasteiger partial charge in [-0.1, -0.05) is 25.9 Å². The Morgan fingerprint density at radius 2 is 2.29 bits per heavy atom. The van der Waals surface area contributed by atoms with E-state index in [9.17, 15) is 4.79 Å². The van der Waals surface area contributed by atoms with Crippen LogP contribution >= 0.6 is 20.6 Å². The van der Waals surface area contributed by atoms with Gasteiger partial charge in [0.05, 0.1) is 14.7 Å². The van der Waals surface area contributed by atoms with E-state index < -0.39 is 0 Å². The fraction of sp³-hybridized carbons (Fsp3) is 0.444. The van der Waals surface area contributed by atoms with Crippen molar-refractivity contribution >= 4 is 37.5 Å². The molecule has 0 amide bonds. The van der Waals surface area contributed by atoms with Crippen LogP contribution < -0.4 is 0 Å². The van der Waals surface area contributed by atoms with E-state index in [4.69, 9.17) is 4.28 Å². The highest BCUT2D eigenvalue weighted by Crippen LogP contribution is 2.53. The molecule has 0 saturated carbocycles. The van der Waals surface area contributed by atoms with E-state index in [1.165, 1.54) is 4.91 Å². The molecule has 0 spiro atoms. The van der Waals surface area contributed by atoms with Crippen molar-refractivity contribution < 1.29 is 9.08 Å². The highest BCUT2D eigenvalue weighted by Gasteiger charge is 2.31. The van der Waals surface area contributed by atoms with Crippen LogP contribution in [0.25, 0.3) is 0 Å². The molecule has 2 aliphatic rings. The summed E-state index contributed by atoms with van der Waals surface area (Å²) in [6.07, 6.45) is 2.79. The van der Waals surface area contributed by atoms with E-state index in [1.807, 2.05) is 6.08 Å². The number of oxime groups is 1. The minimum absolute atomic E-state index is 0.117. The normalized spacial score (nSPS) is 25.4. The van der Waals surface area contributed by atoms with Gasteiger partial charge in [0.25, 0.3) is 0 Å². The summed E-state index contributed by atoms with van der Waals surface area (Å²) in [6.45, 7) is 6.45. The van der Waals surface area contributed by atoms with Gasteiger partial charge in [-0.3, -0.25) is 4.79 Å². The topological polar surface area (TPSA) is 38.7 Å². The smallest absolute Gasteiger partial charge is 0.173 e.